The molecule has 0 aliphatic rings. The molecule has 0 radical (unpaired) electrons. The summed E-state index contributed by atoms with van der Waals surface area (Å²) < 4.78 is 0. The normalized spacial score (nSPS) is 9.44. The van der Waals surface area contributed by atoms with E-state index in [-0.39, 0.29) is 0 Å². The first-order valence-corrected chi connectivity index (χ1v) is 5.80. The highest BCUT2D eigenvalue weighted by Gasteiger charge is 1.95. The Balaban J connectivity index is 2.40. The van der Waals surface area contributed by atoms with Gasteiger partial charge in [0.15, 0.2) is 5.11 Å². The van der Waals surface area contributed by atoms with Gasteiger partial charge in [-0.2, -0.15) is 0 Å². The molecule has 0 aliphatic carbocycles. The van der Waals surface area contributed by atoms with E-state index in [2.05, 4.69) is 30.6 Å². The molecule has 2 N–H and O–H groups in total. The maximum atomic E-state index is 5.78. The van der Waals surface area contributed by atoms with Crippen LogP contribution >= 0.6 is 23.8 Å². The van der Waals surface area contributed by atoms with Crippen molar-refractivity contribution in [1.29, 1.82) is 0 Å². The first-order valence-electron chi connectivity index (χ1n) is 5.01. The van der Waals surface area contributed by atoms with Crippen LogP contribution in [-0.4, -0.2) is 11.7 Å². The van der Waals surface area contributed by atoms with Crippen LogP contribution in [0, 0.1) is 0 Å². The molecule has 0 amide bonds. The molecule has 0 bridgehead atoms. The number of hydrogen-bond acceptors (Lipinski definition) is 1. The highest BCUT2D eigenvalue weighted by atomic mass is 35.5. The Morgan fingerprint density at radius 1 is 1.31 bits per heavy atom. The summed E-state index contributed by atoms with van der Waals surface area (Å²) in [6.07, 6.45) is 2.08. The van der Waals surface area contributed by atoms with Crippen molar-refractivity contribution in [2.24, 2.45) is 0 Å². The van der Waals surface area contributed by atoms with Crippen molar-refractivity contribution in [2.45, 2.75) is 13.8 Å². The first-order chi connectivity index (χ1) is 7.58. The summed E-state index contributed by atoms with van der Waals surface area (Å²) in [5, 5.41) is 7.49. The average molecular weight is 255 g/mol. The number of hydrogen-bond donors (Lipinski definition) is 2. The number of thiocarbonyl (C=S) groups is 1. The molecule has 0 aromatic heterocycles. The lowest BCUT2D eigenvalue weighted by atomic mass is 10.3. The first kappa shape index (κ1) is 13.0. The molecule has 0 heterocycles. The van der Waals surface area contributed by atoms with Crippen LogP contribution in [-0.2, 0) is 0 Å². The minimum Gasteiger partial charge on any atom is -0.359 e. The molecule has 1 aromatic carbocycles. The van der Waals surface area contributed by atoms with Crippen LogP contribution in [0.5, 0.6) is 0 Å². The molecule has 2 nitrogen and oxygen atoms in total. The van der Waals surface area contributed by atoms with Gasteiger partial charge in [0.25, 0.3) is 0 Å². The molecule has 1 rings (SSSR count). The standard InChI is InChI=1S/C12H15ClN2S/c1-9(2)7-8-14-12(16)15-11-5-3-10(13)4-6-11/h3-7H,8H2,1-2H3,(H2,14,15,16). The Labute approximate surface area is 107 Å². The molecule has 0 unspecified atom stereocenters. The molecule has 16 heavy (non-hydrogen) atoms. The molecule has 86 valence electrons. The average Bonchev–Trinajstić information content (AvgIpc) is 2.21. The van der Waals surface area contributed by atoms with Crippen molar-refractivity contribution in [3.8, 4) is 0 Å². The summed E-state index contributed by atoms with van der Waals surface area (Å²) in [6.45, 7) is 4.84. The van der Waals surface area contributed by atoms with Crippen LogP contribution in [0.1, 0.15) is 13.8 Å². The number of benzene rings is 1. The Morgan fingerprint density at radius 2 is 1.94 bits per heavy atom. The van der Waals surface area contributed by atoms with Gasteiger partial charge in [-0.25, -0.2) is 0 Å². The fourth-order valence-corrected chi connectivity index (χ4v) is 1.38. The van der Waals surface area contributed by atoms with E-state index < -0.39 is 0 Å². The van der Waals surface area contributed by atoms with Crippen molar-refractivity contribution < 1.29 is 0 Å². The quantitative estimate of drug-likeness (QED) is 0.637. The predicted molar refractivity (Wildman–Crippen MR) is 75.1 cm³/mol. The molecule has 0 saturated heterocycles. The third kappa shape index (κ3) is 5.14. The zero-order valence-electron chi connectivity index (χ0n) is 9.38. The summed E-state index contributed by atoms with van der Waals surface area (Å²) in [5.74, 6) is 0. The highest BCUT2D eigenvalue weighted by Crippen LogP contribution is 2.12. The van der Waals surface area contributed by atoms with Gasteiger partial charge in [-0.1, -0.05) is 23.3 Å². The second kappa shape index (κ2) is 6.51. The van der Waals surface area contributed by atoms with Gasteiger partial charge in [0, 0.05) is 17.3 Å². The van der Waals surface area contributed by atoms with Crippen molar-refractivity contribution in [3.63, 3.8) is 0 Å². The zero-order chi connectivity index (χ0) is 12.0. The van der Waals surface area contributed by atoms with Gasteiger partial charge in [-0.05, 0) is 50.3 Å². The minimum absolute atomic E-state index is 0.611. The van der Waals surface area contributed by atoms with Crippen LogP contribution in [0.15, 0.2) is 35.9 Å². The molecule has 0 aliphatic heterocycles. The fraction of sp³-hybridized carbons (Fsp3) is 0.250. The summed E-state index contributed by atoms with van der Waals surface area (Å²) >= 11 is 10.9. The van der Waals surface area contributed by atoms with E-state index >= 15 is 0 Å². The van der Waals surface area contributed by atoms with Crippen LogP contribution in [0.4, 0.5) is 5.69 Å². The second-order valence-electron chi connectivity index (χ2n) is 3.62. The van der Waals surface area contributed by atoms with Crippen molar-refractivity contribution in [2.75, 3.05) is 11.9 Å². The lowest BCUT2D eigenvalue weighted by Crippen LogP contribution is -2.28. The summed E-state index contributed by atoms with van der Waals surface area (Å²) in [6, 6.07) is 7.42. The summed E-state index contributed by atoms with van der Waals surface area (Å²) in [4.78, 5) is 0. The maximum absolute atomic E-state index is 5.78. The van der Waals surface area contributed by atoms with Gasteiger partial charge in [0.2, 0.25) is 0 Å². The van der Waals surface area contributed by atoms with E-state index in [1.807, 2.05) is 24.3 Å². The van der Waals surface area contributed by atoms with Crippen molar-refractivity contribution in [1.82, 2.24) is 5.32 Å². The lowest BCUT2D eigenvalue weighted by molar-refractivity contribution is 1.04. The van der Waals surface area contributed by atoms with Gasteiger partial charge < -0.3 is 10.6 Å². The second-order valence-corrected chi connectivity index (χ2v) is 4.47. The molecule has 4 heteroatoms. The topological polar surface area (TPSA) is 24.1 Å². The predicted octanol–water partition coefficient (Wildman–Crippen LogP) is 3.59. The SMILES string of the molecule is CC(C)=CCNC(=S)Nc1ccc(Cl)cc1. The lowest BCUT2D eigenvalue weighted by Gasteiger charge is -2.08. The van der Waals surface area contributed by atoms with E-state index in [0.717, 1.165) is 12.2 Å². The summed E-state index contributed by atoms with van der Waals surface area (Å²) in [5.41, 5.74) is 2.20. The van der Waals surface area contributed by atoms with Gasteiger partial charge >= 0.3 is 0 Å². The molecule has 1 aromatic rings. The number of nitrogens with one attached hydrogen (secondary N) is 2. The molecule has 0 spiro atoms. The number of anilines is 1. The largest absolute Gasteiger partial charge is 0.359 e. The van der Waals surface area contributed by atoms with Crippen LogP contribution < -0.4 is 10.6 Å². The molecular weight excluding hydrogens is 240 g/mol. The van der Waals surface area contributed by atoms with Crippen LogP contribution in [0.2, 0.25) is 5.02 Å². The van der Waals surface area contributed by atoms with E-state index in [1.54, 1.807) is 0 Å². The zero-order valence-corrected chi connectivity index (χ0v) is 11.0. The Kier molecular flexibility index (Phi) is 5.29. The fourth-order valence-electron chi connectivity index (χ4n) is 1.06. The monoisotopic (exact) mass is 254 g/mol. The van der Waals surface area contributed by atoms with E-state index in [1.165, 1.54) is 5.57 Å². The molecule has 0 atom stereocenters. The molecule has 0 fully saturated rings. The van der Waals surface area contributed by atoms with Gasteiger partial charge in [0.1, 0.15) is 0 Å². The highest BCUT2D eigenvalue weighted by molar-refractivity contribution is 7.80. The molecule has 0 saturated carbocycles. The number of halogens is 1. The third-order valence-corrected chi connectivity index (χ3v) is 2.37. The summed E-state index contributed by atoms with van der Waals surface area (Å²) in [7, 11) is 0. The van der Waals surface area contributed by atoms with Crippen LogP contribution in [0.25, 0.3) is 0 Å². The van der Waals surface area contributed by atoms with Crippen LogP contribution in [0.3, 0.4) is 0 Å². The van der Waals surface area contributed by atoms with Crippen molar-refractivity contribution in [3.05, 3.63) is 40.9 Å². The third-order valence-electron chi connectivity index (χ3n) is 1.88. The number of rotatable bonds is 3. The van der Waals surface area contributed by atoms with Gasteiger partial charge in [-0.3, -0.25) is 0 Å². The maximum Gasteiger partial charge on any atom is 0.171 e. The van der Waals surface area contributed by atoms with E-state index in [4.69, 9.17) is 23.8 Å². The van der Waals surface area contributed by atoms with Crippen molar-refractivity contribution >= 4 is 34.6 Å². The Hall–Kier alpha value is -1.06. The minimum atomic E-state index is 0.611. The number of allylic oxidation sites excluding steroid dienone is 1. The van der Waals surface area contributed by atoms with Gasteiger partial charge in [-0.15, -0.1) is 0 Å². The molecular formula is C12H15ClN2S. The Bertz CT molecular complexity index is 381. The Morgan fingerprint density at radius 3 is 2.50 bits per heavy atom. The van der Waals surface area contributed by atoms with Gasteiger partial charge in [0.05, 0.1) is 0 Å². The van der Waals surface area contributed by atoms with E-state index in [9.17, 15) is 0 Å². The van der Waals surface area contributed by atoms with E-state index in [0.29, 0.717) is 10.1 Å². The smallest absolute Gasteiger partial charge is 0.171 e.